The maximum Gasteiger partial charge on any atom is 0.148 e. The Kier molecular flexibility index (Phi) is 5.19. The van der Waals surface area contributed by atoms with E-state index in [-0.39, 0.29) is 16.5 Å². The number of halogens is 3. The molecule has 2 atom stereocenters. The zero-order valence-corrected chi connectivity index (χ0v) is 13.3. The van der Waals surface area contributed by atoms with Crippen molar-refractivity contribution < 1.29 is 9.50 Å². The fourth-order valence-corrected chi connectivity index (χ4v) is 2.81. The van der Waals surface area contributed by atoms with Crippen LogP contribution in [0.3, 0.4) is 0 Å². The van der Waals surface area contributed by atoms with Crippen molar-refractivity contribution in [3.8, 4) is 0 Å². The van der Waals surface area contributed by atoms with E-state index in [4.69, 9.17) is 11.6 Å². The summed E-state index contributed by atoms with van der Waals surface area (Å²) in [6.45, 7) is 1.97. The molecule has 0 saturated carbocycles. The molecule has 2 aromatic rings. The second-order valence-corrected chi connectivity index (χ2v) is 5.87. The average Bonchev–Trinajstić information content (AvgIpc) is 2.47. The fraction of sp³-hybridized carbons (Fsp3) is 0.250. The van der Waals surface area contributed by atoms with E-state index in [1.807, 2.05) is 37.3 Å². The molecule has 1 N–H and O–H groups in total. The van der Waals surface area contributed by atoms with Crippen LogP contribution in [0.1, 0.15) is 36.5 Å². The molecule has 0 saturated heterocycles. The van der Waals surface area contributed by atoms with Gasteiger partial charge >= 0.3 is 0 Å². The molecule has 4 heteroatoms. The van der Waals surface area contributed by atoms with Gasteiger partial charge in [-0.15, -0.1) is 0 Å². The fourth-order valence-electron chi connectivity index (χ4n) is 2.33. The summed E-state index contributed by atoms with van der Waals surface area (Å²) in [7, 11) is 0. The molecule has 0 aliphatic rings. The second kappa shape index (κ2) is 6.70. The van der Waals surface area contributed by atoms with Crippen molar-refractivity contribution in [1.29, 1.82) is 0 Å². The second-order valence-electron chi connectivity index (χ2n) is 4.63. The summed E-state index contributed by atoms with van der Waals surface area (Å²) in [6, 6.07) is 12.8. The Morgan fingerprint density at radius 3 is 2.45 bits per heavy atom. The van der Waals surface area contributed by atoms with Crippen molar-refractivity contribution in [3.63, 3.8) is 0 Å². The highest BCUT2D eigenvalue weighted by atomic mass is 79.9. The first kappa shape index (κ1) is 15.5. The van der Waals surface area contributed by atoms with Gasteiger partial charge in [-0.2, -0.15) is 0 Å². The molecule has 0 radical (unpaired) electrons. The molecule has 2 unspecified atom stereocenters. The van der Waals surface area contributed by atoms with Crippen molar-refractivity contribution in [2.45, 2.75) is 25.4 Å². The SMILES string of the molecule is CCC(c1ccccc1)C(O)c1ccc(Br)c(Cl)c1F. The summed E-state index contributed by atoms with van der Waals surface area (Å²) in [6.07, 6.45) is -0.216. The zero-order valence-electron chi connectivity index (χ0n) is 11.0. The smallest absolute Gasteiger partial charge is 0.148 e. The van der Waals surface area contributed by atoms with Gasteiger partial charge in [0.05, 0.1) is 11.1 Å². The molecule has 1 nitrogen and oxygen atoms in total. The Balaban J connectivity index is 2.39. The first-order chi connectivity index (χ1) is 9.56. The van der Waals surface area contributed by atoms with Crippen LogP contribution in [-0.2, 0) is 0 Å². The summed E-state index contributed by atoms with van der Waals surface area (Å²) < 4.78 is 14.7. The molecule has 0 aromatic heterocycles. The molecule has 20 heavy (non-hydrogen) atoms. The molecule has 0 amide bonds. The summed E-state index contributed by atoms with van der Waals surface area (Å²) >= 11 is 9.06. The van der Waals surface area contributed by atoms with Gasteiger partial charge in [-0.1, -0.05) is 54.9 Å². The van der Waals surface area contributed by atoms with Gasteiger partial charge in [-0.05, 0) is 34.0 Å². The van der Waals surface area contributed by atoms with Crippen LogP contribution in [0.15, 0.2) is 46.9 Å². The number of hydrogen-bond acceptors (Lipinski definition) is 1. The summed E-state index contributed by atoms with van der Waals surface area (Å²) in [5.74, 6) is -0.731. The molecule has 0 aliphatic carbocycles. The Labute approximate surface area is 131 Å². The summed E-state index contributed by atoms with van der Waals surface area (Å²) in [4.78, 5) is 0. The lowest BCUT2D eigenvalue weighted by atomic mass is 9.87. The van der Waals surface area contributed by atoms with Crippen molar-refractivity contribution in [1.82, 2.24) is 0 Å². The van der Waals surface area contributed by atoms with E-state index >= 15 is 0 Å². The van der Waals surface area contributed by atoms with Gasteiger partial charge in [0, 0.05) is 16.0 Å². The summed E-state index contributed by atoms with van der Waals surface area (Å²) in [5.41, 5.74) is 1.22. The Bertz CT molecular complexity index is 589. The predicted molar refractivity (Wildman–Crippen MR) is 83.5 cm³/mol. The minimum atomic E-state index is -0.923. The Morgan fingerprint density at radius 1 is 1.20 bits per heavy atom. The highest BCUT2D eigenvalue weighted by Gasteiger charge is 2.25. The lowest BCUT2D eigenvalue weighted by Crippen LogP contribution is -2.12. The first-order valence-electron chi connectivity index (χ1n) is 6.42. The third-order valence-corrected chi connectivity index (χ3v) is 4.69. The predicted octanol–water partition coefficient (Wildman–Crippen LogP) is 5.47. The highest BCUT2D eigenvalue weighted by Crippen LogP contribution is 2.38. The monoisotopic (exact) mass is 356 g/mol. The van der Waals surface area contributed by atoms with E-state index in [9.17, 15) is 9.50 Å². The molecule has 0 aliphatic heterocycles. The maximum atomic E-state index is 14.2. The molecule has 2 rings (SSSR count). The summed E-state index contributed by atoms with van der Waals surface area (Å²) in [5, 5.41) is 10.5. The van der Waals surface area contributed by atoms with Gasteiger partial charge in [0.15, 0.2) is 0 Å². The largest absolute Gasteiger partial charge is 0.388 e. The van der Waals surface area contributed by atoms with Crippen LogP contribution < -0.4 is 0 Å². The van der Waals surface area contributed by atoms with Crippen LogP contribution in [0, 0.1) is 5.82 Å². The molecule has 106 valence electrons. The molecular weight excluding hydrogens is 343 g/mol. The van der Waals surface area contributed by atoms with Gasteiger partial charge in [-0.3, -0.25) is 0 Å². The Morgan fingerprint density at radius 2 is 1.85 bits per heavy atom. The van der Waals surface area contributed by atoms with Gasteiger partial charge < -0.3 is 5.11 Å². The highest BCUT2D eigenvalue weighted by molar-refractivity contribution is 9.10. The Hall–Kier alpha value is -0.900. The van der Waals surface area contributed by atoms with Gasteiger partial charge in [0.2, 0.25) is 0 Å². The van der Waals surface area contributed by atoms with E-state index in [1.165, 1.54) is 0 Å². The van der Waals surface area contributed by atoms with Crippen LogP contribution in [-0.4, -0.2) is 5.11 Å². The number of aliphatic hydroxyl groups is 1. The topological polar surface area (TPSA) is 20.2 Å². The number of aliphatic hydroxyl groups excluding tert-OH is 1. The van der Waals surface area contributed by atoms with Crippen LogP contribution in [0.5, 0.6) is 0 Å². The van der Waals surface area contributed by atoms with E-state index < -0.39 is 11.9 Å². The minimum absolute atomic E-state index is 0.00413. The number of benzene rings is 2. The van der Waals surface area contributed by atoms with Crippen LogP contribution >= 0.6 is 27.5 Å². The van der Waals surface area contributed by atoms with E-state index in [0.29, 0.717) is 10.9 Å². The lowest BCUT2D eigenvalue weighted by Gasteiger charge is -2.23. The van der Waals surface area contributed by atoms with Gasteiger partial charge in [-0.25, -0.2) is 4.39 Å². The van der Waals surface area contributed by atoms with Gasteiger partial charge in [0.1, 0.15) is 5.82 Å². The normalized spacial score (nSPS) is 14.1. The minimum Gasteiger partial charge on any atom is -0.388 e. The van der Waals surface area contributed by atoms with Gasteiger partial charge in [0.25, 0.3) is 0 Å². The van der Waals surface area contributed by atoms with Crippen molar-refractivity contribution in [3.05, 3.63) is 68.9 Å². The molecule has 0 fully saturated rings. The van der Waals surface area contributed by atoms with Crippen LogP contribution in [0.4, 0.5) is 4.39 Å². The quantitative estimate of drug-likeness (QED) is 0.719. The number of hydrogen-bond donors (Lipinski definition) is 1. The first-order valence-corrected chi connectivity index (χ1v) is 7.59. The molecular formula is C16H15BrClFO. The zero-order chi connectivity index (χ0) is 14.7. The third-order valence-electron chi connectivity index (χ3n) is 3.43. The third kappa shape index (κ3) is 3.05. The molecule has 0 heterocycles. The number of rotatable bonds is 4. The average molecular weight is 358 g/mol. The molecule has 0 spiro atoms. The van der Waals surface area contributed by atoms with E-state index in [0.717, 1.165) is 5.56 Å². The lowest BCUT2D eigenvalue weighted by molar-refractivity contribution is 0.138. The van der Waals surface area contributed by atoms with Crippen molar-refractivity contribution in [2.24, 2.45) is 0 Å². The van der Waals surface area contributed by atoms with Crippen LogP contribution in [0.2, 0.25) is 5.02 Å². The molecule has 0 bridgehead atoms. The van der Waals surface area contributed by atoms with Crippen molar-refractivity contribution in [2.75, 3.05) is 0 Å². The standard InChI is InChI=1S/C16H15BrClFO/c1-2-11(10-6-4-3-5-7-10)16(20)12-8-9-13(17)14(18)15(12)19/h3-9,11,16,20H,2H2,1H3. The maximum absolute atomic E-state index is 14.2. The van der Waals surface area contributed by atoms with Crippen LogP contribution in [0.25, 0.3) is 0 Å². The van der Waals surface area contributed by atoms with E-state index in [1.54, 1.807) is 12.1 Å². The van der Waals surface area contributed by atoms with Crippen molar-refractivity contribution >= 4 is 27.5 Å². The van der Waals surface area contributed by atoms with E-state index in [2.05, 4.69) is 15.9 Å². The molecule has 2 aromatic carbocycles.